The molecule has 0 aromatic heterocycles. The summed E-state index contributed by atoms with van der Waals surface area (Å²) in [7, 11) is -2.35. The molecular formula is C16H15F5OSi. The molecule has 0 heterocycles. The van der Waals surface area contributed by atoms with Gasteiger partial charge in [0.2, 0.25) is 5.82 Å². The average Bonchev–Trinajstić information content (AvgIpc) is 2.50. The Labute approximate surface area is 131 Å². The maximum atomic E-state index is 14.1. The molecule has 0 bridgehead atoms. The predicted octanol–water partition coefficient (Wildman–Crippen LogP) is 5.32. The fourth-order valence-corrected chi connectivity index (χ4v) is 3.09. The minimum Gasteiger partial charge on any atom is -0.406 e. The monoisotopic (exact) mass is 346 g/mol. The van der Waals surface area contributed by atoms with E-state index in [1.54, 1.807) is 37.8 Å². The molecule has 0 amide bonds. The van der Waals surface area contributed by atoms with Crippen molar-refractivity contribution in [2.24, 2.45) is 0 Å². The third-order valence-corrected chi connectivity index (χ3v) is 4.02. The first-order valence-electron chi connectivity index (χ1n) is 6.87. The van der Waals surface area contributed by atoms with Gasteiger partial charge in [-0.15, -0.1) is 0 Å². The van der Waals surface area contributed by atoms with Gasteiger partial charge < -0.3 is 4.43 Å². The number of rotatable bonds is 4. The molecule has 0 radical (unpaired) electrons. The molecule has 0 aliphatic heterocycles. The Morgan fingerprint density at radius 1 is 0.739 bits per heavy atom. The van der Waals surface area contributed by atoms with E-state index in [0.29, 0.717) is 5.56 Å². The lowest BCUT2D eigenvalue weighted by Gasteiger charge is -2.28. The van der Waals surface area contributed by atoms with Gasteiger partial charge in [-0.2, -0.15) is 0 Å². The van der Waals surface area contributed by atoms with Gasteiger partial charge in [0.15, 0.2) is 31.6 Å². The molecule has 7 heteroatoms. The second-order valence-electron chi connectivity index (χ2n) is 6.00. The Bertz CT molecular complexity index is 684. The van der Waals surface area contributed by atoms with Gasteiger partial charge in [-0.3, -0.25) is 0 Å². The van der Waals surface area contributed by atoms with Gasteiger partial charge in [0.05, 0.1) is 5.56 Å². The Morgan fingerprint density at radius 3 is 1.61 bits per heavy atom. The van der Waals surface area contributed by atoms with Crippen LogP contribution in [0.3, 0.4) is 0 Å². The van der Waals surface area contributed by atoms with E-state index in [-0.39, 0.29) is 0 Å². The van der Waals surface area contributed by atoms with E-state index in [2.05, 4.69) is 0 Å². The van der Waals surface area contributed by atoms with Crippen LogP contribution in [0.5, 0.6) is 0 Å². The Balaban J connectivity index is 2.70. The molecule has 1 atom stereocenters. The lowest BCUT2D eigenvalue weighted by atomic mass is 10.00. The second kappa shape index (κ2) is 6.41. The van der Waals surface area contributed by atoms with Crippen LogP contribution in [0, 0.1) is 29.1 Å². The Morgan fingerprint density at radius 2 is 1.17 bits per heavy atom. The first kappa shape index (κ1) is 17.6. The van der Waals surface area contributed by atoms with Crippen molar-refractivity contribution in [1.82, 2.24) is 0 Å². The minimum atomic E-state index is -2.35. The van der Waals surface area contributed by atoms with Crippen LogP contribution in [-0.2, 0) is 4.43 Å². The van der Waals surface area contributed by atoms with Crippen molar-refractivity contribution in [3.05, 3.63) is 70.5 Å². The highest BCUT2D eigenvalue weighted by Crippen LogP contribution is 2.35. The topological polar surface area (TPSA) is 9.23 Å². The zero-order chi connectivity index (χ0) is 17.4. The van der Waals surface area contributed by atoms with Crippen LogP contribution in [0.15, 0.2) is 30.3 Å². The van der Waals surface area contributed by atoms with Crippen molar-refractivity contribution >= 4 is 8.32 Å². The first-order chi connectivity index (χ1) is 10.6. The fraction of sp³-hybridized carbons (Fsp3) is 0.250. The quantitative estimate of drug-likeness (QED) is 0.315. The van der Waals surface area contributed by atoms with Gasteiger partial charge in [-0.25, -0.2) is 22.0 Å². The molecule has 1 nitrogen and oxygen atoms in total. The third kappa shape index (κ3) is 3.61. The summed E-state index contributed by atoms with van der Waals surface area (Å²) in [5, 5.41) is 0. The van der Waals surface area contributed by atoms with Gasteiger partial charge >= 0.3 is 0 Å². The van der Waals surface area contributed by atoms with E-state index < -0.39 is 49.1 Å². The van der Waals surface area contributed by atoms with Crippen molar-refractivity contribution in [3.8, 4) is 0 Å². The van der Waals surface area contributed by atoms with E-state index in [0.717, 1.165) is 0 Å². The summed E-state index contributed by atoms with van der Waals surface area (Å²) >= 11 is 0. The largest absolute Gasteiger partial charge is 0.406 e. The van der Waals surface area contributed by atoms with Crippen LogP contribution < -0.4 is 0 Å². The van der Waals surface area contributed by atoms with E-state index in [4.69, 9.17) is 4.43 Å². The van der Waals surface area contributed by atoms with E-state index in [1.807, 2.05) is 0 Å². The number of benzene rings is 2. The second-order valence-corrected chi connectivity index (χ2v) is 10.5. The van der Waals surface area contributed by atoms with Crippen LogP contribution >= 0.6 is 0 Å². The first-order valence-corrected chi connectivity index (χ1v) is 10.3. The smallest absolute Gasteiger partial charge is 0.200 e. The van der Waals surface area contributed by atoms with Crippen LogP contribution in [-0.4, -0.2) is 8.32 Å². The molecule has 0 spiro atoms. The highest BCUT2D eigenvalue weighted by molar-refractivity contribution is 6.69. The molecule has 0 fully saturated rings. The van der Waals surface area contributed by atoms with E-state index >= 15 is 0 Å². The van der Waals surface area contributed by atoms with Crippen LogP contribution in [0.2, 0.25) is 19.6 Å². The molecule has 0 saturated heterocycles. The molecule has 0 aliphatic carbocycles. The molecule has 2 aromatic carbocycles. The number of hydrogen-bond donors (Lipinski definition) is 0. The maximum absolute atomic E-state index is 14.1. The van der Waals surface area contributed by atoms with Crippen molar-refractivity contribution in [1.29, 1.82) is 0 Å². The molecular weight excluding hydrogens is 331 g/mol. The van der Waals surface area contributed by atoms with Gasteiger partial charge in [0.25, 0.3) is 0 Å². The number of hydrogen-bond acceptors (Lipinski definition) is 1. The van der Waals surface area contributed by atoms with Gasteiger partial charge in [-0.1, -0.05) is 30.3 Å². The summed E-state index contributed by atoms with van der Waals surface area (Å²) in [6, 6.07) is 7.91. The van der Waals surface area contributed by atoms with Crippen molar-refractivity contribution in [2.45, 2.75) is 25.7 Å². The minimum absolute atomic E-state index is 0.318. The normalized spacial score (nSPS) is 13.2. The Kier molecular flexibility index (Phi) is 4.91. The van der Waals surface area contributed by atoms with E-state index in [1.165, 1.54) is 12.1 Å². The maximum Gasteiger partial charge on any atom is 0.200 e. The average molecular weight is 346 g/mol. The molecule has 2 rings (SSSR count). The fourth-order valence-electron chi connectivity index (χ4n) is 2.13. The summed E-state index contributed by atoms with van der Waals surface area (Å²) in [4.78, 5) is 0. The van der Waals surface area contributed by atoms with Crippen LogP contribution in [0.4, 0.5) is 22.0 Å². The highest BCUT2D eigenvalue weighted by Gasteiger charge is 2.34. The third-order valence-electron chi connectivity index (χ3n) is 3.08. The summed E-state index contributed by atoms with van der Waals surface area (Å²) < 4.78 is 74.2. The lowest BCUT2D eigenvalue weighted by Crippen LogP contribution is -2.30. The van der Waals surface area contributed by atoms with Crippen molar-refractivity contribution in [3.63, 3.8) is 0 Å². The molecule has 23 heavy (non-hydrogen) atoms. The molecule has 0 aliphatic rings. The Hall–Kier alpha value is -1.73. The van der Waals surface area contributed by atoms with Gasteiger partial charge in [-0.05, 0) is 25.2 Å². The molecule has 2 aromatic rings. The highest BCUT2D eigenvalue weighted by atomic mass is 28.4. The lowest BCUT2D eigenvalue weighted by molar-refractivity contribution is 0.220. The van der Waals surface area contributed by atoms with E-state index in [9.17, 15) is 22.0 Å². The van der Waals surface area contributed by atoms with Gasteiger partial charge in [0, 0.05) is 0 Å². The van der Waals surface area contributed by atoms with Crippen molar-refractivity contribution < 1.29 is 26.4 Å². The standard InChI is InChI=1S/C16H15F5OSi/c1-23(2,3)22-16(9-7-5-4-6-8-9)10-11(17)13(19)15(21)14(20)12(10)18/h4-8,16H,1-3H3. The SMILES string of the molecule is C[Si](C)(C)OC(c1ccccc1)c1c(F)c(F)c(F)c(F)c1F. The predicted molar refractivity (Wildman–Crippen MR) is 78.9 cm³/mol. The molecule has 124 valence electrons. The summed E-state index contributed by atoms with van der Waals surface area (Å²) in [5.41, 5.74) is -0.645. The summed E-state index contributed by atoms with van der Waals surface area (Å²) in [6.07, 6.45) is -1.37. The summed E-state index contributed by atoms with van der Waals surface area (Å²) in [5.74, 6) is -9.86. The van der Waals surface area contributed by atoms with Crippen molar-refractivity contribution in [2.75, 3.05) is 0 Å². The zero-order valence-corrected chi connectivity index (χ0v) is 13.8. The zero-order valence-electron chi connectivity index (χ0n) is 12.8. The molecule has 0 saturated carbocycles. The molecule has 1 unspecified atom stereocenters. The van der Waals surface area contributed by atoms with Crippen LogP contribution in [0.25, 0.3) is 0 Å². The number of halogens is 5. The summed E-state index contributed by atoms with van der Waals surface area (Å²) in [6.45, 7) is 5.28. The van der Waals surface area contributed by atoms with Gasteiger partial charge in [0.1, 0.15) is 6.10 Å². The molecule has 0 N–H and O–H groups in total. The van der Waals surface area contributed by atoms with Crippen LogP contribution in [0.1, 0.15) is 17.2 Å².